The van der Waals surface area contributed by atoms with Gasteiger partial charge in [-0.15, -0.1) is 0 Å². The predicted octanol–water partition coefficient (Wildman–Crippen LogP) is 1.59. The zero-order valence-corrected chi connectivity index (χ0v) is 9.47. The van der Waals surface area contributed by atoms with Crippen LogP contribution in [0.4, 0.5) is 4.79 Å². The Balaban J connectivity index is 2.66. The van der Waals surface area contributed by atoms with Crippen molar-refractivity contribution in [2.75, 3.05) is 20.6 Å². The van der Waals surface area contributed by atoms with Gasteiger partial charge in [-0.2, -0.15) is 0 Å². The van der Waals surface area contributed by atoms with E-state index in [1.54, 1.807) is 30.1 Å². The van der Waals surface area contributed by atoms with Crippen molar-refractivity contribution in [2.24, 2.45) is 0 Å². The Bertz CT molecular complexity index is 311. The Morgan fingerprint density at radius 3 is 2.60 bits per heavy atom. The van der Waals surface area contributed by atoms with E-state index < -0.39 is 0 Å². The van der Waals surface area contributed by atoms with Crippen LogP contribution in [0.2, 0.25) is 0 Å². The van der Waals surface area contributed by atoms with E-state index in [2.05, 4.69) is 4.98 Å². The number of carbonyl (C=O) groups excluding carboxylic acids is 1. The lowest BCUT2D eigenvalue weighted by Gasteiger charge is -2.24. The molecule has 0 bridgehead atoms. The first-order valence-corrected chi connectivity index (χ1v) is 5.01. The van der Waals surface area contributed by atoms with E-state index in [1.807, 2.05) is 25.1 Å². The monoisotopic (exact) mass is 207 g/mol. The fraction of sp³-hybridized carbons (Fsp3) is 0.455. The molecule has 0 spiro atoms. The van der Waals surface area contributed by atoms with Crippen LogP contribution in [0.5, 0.6) is 0 Å². The van der Waals surface area contributed by atoms with E-state index in [0.717, 1.165) is 5.69 Å². The van der Waals surface area contributed by atoms with E-state index in [9.17, 15) is 4.79 Å². The second kappa shape index (κ2) is 5.34. The molecule has 15 heavy (non-hydrogen) atoms. The van der Waals surface area contributed by atoms with Crippen LogP contribution >= 0.6 is 0 Å². The fourth-order valence-corrected chi connectivity index (χ4v) is 1.28. The van der Waals surface area contributed by atoms with E-state index >= 15 is 0 Å². The third-order valence-electron chi connectivity index (χ3n) is 2.11. The van der Waals surface area contributed by atoms with Crippen molar-refractivity contribution in [3.63, 3.8) is 0 Å². The molecule has 0 radical (unpaired) electrons. The molecule has 0 fully saturated rings. The normalized spacial score (nSPS) is 9.80. The Kier molecular flexibility index (Phi) is 4.09. The number of nitrogens with zero attached hydrogens (tertiary/aromatic N) is 3. The predicted molar refractivity (Wildman–Crippen MR) is 59.4 cm³/mol. The molecule has 1 aromatic rings. The van der Waals surface area contributed by atoms with Gasteiger partial charge in [0.15, 0.2) is 0 Å². The van der Waals surface area contributed by atoms with Gasteiger partial charge in [-0.3, -0.25) is 4.98 Å². The first-order valence-electron chi connectivity index (χ1n) is 5.01. The molecule has 0 aliphatic carbocycles. The number of pyridine rings is 1. The van der Waals surface area contributed by atoms with Crippen LogP contribution in [0.1, 0.15) is 12.6 Å². The number of rotatable bonds is 3. The minimum Gasteiger partial charge on any atom is -0.331 e. The highest BCUT2D eigenvalue weighted by Crippen LogP contribution is 2.03. The van der Waals surface area contributed by atoms with Gasteiger partial charge in [0.25, 0.3) is 0 Å². The van der Waals surface area contributed by atoms with Crippen LogP contribution in [-0.2, 0) is 6.54 Å². The highest BCUT2D eigenvalue weighted by Gasteiger charge is 2.13. The summed E-state index contributed by atoms with van der Waals surface area (Å²) in [6, 6.07) is 5.73. The van der Waals surface area contributed by atoms with Crippen LogP contribution in [0.3, 0.4) is 0 Å². The summed E-state index contributed by atoms with van der Waals surface area (Å²) in [7, 11) is 3.51. The largest absolute Gasteiger partial charge is 0.331 e. The molecule has 0 aromatic carbocycles. The molecule has 0 saturated heterocycles. The second-order valence-corrected chi connectivity index (χ2v) is 3.51. The minimum atomic E-state index is 0.0168. The molecule has 0 unspecified atom stereocenters. The number of amides is 2. The van der Waals surface area contributed by atoms with Gasteiger partial charge in [-0.25, -0.2) is 4.79 Å². The van der Waals surface area contributed by atoms with Crippen molar-refractivity contribution >= 4 is 6.03 Å². The third-order valence-corrected chi connectivity index (χ3v) is 2.11. The van der Waals surface area contributed by atoms with E-state index in [-0.39, 0.29) is 6.03 Å². The van der Waals surface area contributed by atoms with Crippen molar-refractivity contribution in [3.8, 4) is 0 Å². The smallest absolute Gasteiger partial charge is 0.319 e. The van der Waals surface area contributed by atoms with Gasteiger partial charge in [-0.1, -0.05) is 6.07 Å². The maximum absolute atomic E-state index is 11.7. The SMILES string of the molecule is CCN(Cc1ccccn1)C(=O)N(C)C. The summed E-state index contributed by atoms with van der Waals surface area (Å²) in [5.74, 6) is 0. The first kappa shape index (κ1) is 11.5. The number of hydrogen-bond acceptors (Lipinski definition) is 2. The number of carbonyl (C=O) groups is 1. The van der Waals surface area contributed by atoms with E-state index in [1.165, 1.54) is 0 Å². The summed E-state index contributed by atoms with van der Waals surface area (Å²) in [4.78, 5) is 19.2. The molecule has 1 heterocycles. The highest BCUT2D eigenvalue weighted by atomic mass is 16.2. The summed E-state index contributed by atoms with van der Waals surface area (Å²) in [5, 5.41) is 0. The maximum Gasteiger partial charge on any atom is 0.319 e. The molecule has 4 heteroatoms. The molecule has 4 nitrogen and oxygen atoms in total. The van der Waals surface area contributed by atoms with Gasteiger partial charge in [-0.05, 0) is 19.1 Å². The molecule has 0 N–H and O–H groups in total. The summed E-state index contributed by atoms with van der Waals surface area (Å²) >= 11 is 0. The lowest BCUT2D eigenvalue weighted by Crippen LogP contribution is -2.38. The number of hydrogen-bond donors (Lipinski definition) is 0. The lowest BCUT2D eigenvalue weighted by atomic mass is 10.3. The van der Waals surface area contributed by atoms with Gasteiger partial charge in [0.2, 0.25) is 0 Å². The molecule has 1 rings (SSSR count). The molecular formula is C11H17N3O. The van der Waals surface area contributed by atoms with Gasteiger partial charge >= 0.3 is 6.03 Å². The zero-order valence-electron chi connectivity index (χ0n) is 9.47. The second-order valence-electron chi connectivity index (χ2n) is 3.51. The molecule has 0 saturated carbocycles. The Labute approximate surface area is 90.5 Å². The summed E-state index contributed by atoms with van der Waals surface area (Å²) in [6.07, 6.45) is 1.74. The topological polar surface area (TPSA) is 36.4 Å². The first-order chi connectivity index (χ1) is 7.15. The lowest BCUT2D eigenvalue weighted by molar-refractivity contribution is 0.170. The molecule has 2 amide bonds. The average Bonchev–Trinajstić information content (AvgIpc) is 2.26. The standard InChI is InChI=1S/C11H17N3O/c1-4-14(11(15)13(2)3)9-10-7-5-6-8-12-10/h5-8H,4,9H2,1-3H3. The van der Waals surface area contributed by atoms with Crippen molar-refractivity contribution in [2.45, 2.75) is 13.5 Å². The zero-order chi connectivity index (χ0) is 11.3. The molecular weight excluding hydrogens is 190 g/mol. The number of urea groups is 1. The third kappa shape index (κ3) is 3.23. The van der Waals surface area contributed by atoms with Gasteiger partial charge < -0.3 is 9.80 Å². The van der Waals surface area contributed by atoms with Gasteiger partial charge in [0.1, 0.15) is 0 Å². The number of aromatic nitrogens is 1. The van der Waals surface area contributed by atoms with Crippen molar-refractivity contribution in [1.29, 1.82) is 0 Å². The van der Waals surface area contributed by atoms with E-state index in [4.69, 9.17) is 0 Å². The Hall–Kier alpha value is -1.58. The molecule has 0 atom stereocenters. The molecule has 1 aromatic heterocycles. The molecule has 0 aliphatic heterocycles. The fourth-order valence-electron chi connectivity index (χ4n) is 1.28. The molecule has 0 aliphatic rings. The van der Waals surface area contributed by atoms with Crippen LogP contribution < -0.4 is 0 Å². The van der Waals surface area contributed by atoms with Crippen molar-refractivity contribution < 1.29 is 4.79 Å². The average molecular weight is 207 g/mol. The summed E-state index contributed by atoms with van der Waals surface area (Å²) in [5.41, 5.74) is 0.912. The summed E-state index contributed by atoms with van der Waals surface area (Å²) in [6.45, 7) is 3.21. The summed E-state index contributed by atoms with van der Waals surface area (Å²) < 4.78 is 0. The highest BCUT2D eigenvalue weighted by molar-refractivity contribution is 5.73. The van der Waals surface area contributed by atoms with Crippen LogP contribution in [0.25, 0.3) is 0 Å². The van der Waals surface area contributed by atoms with Crippen LogP contribution in [0, 0.1) is 0 Å². The van der Waals surface area contributed by atoms with Gasteiger partial charge in [0, 0.05) is 26.8 Å². The Morgan fingerprint density at radius 2 is 2.13 bits per heavy atom. The van der Waals surface area contributed by atoms with Gasteiger partial charge in [0.05, 0.1) is 12.2 Å². The van der Waals surface area contributed by atoms with Crippen molar-refractivity contribution in [3.05, 3.63) is 30.1 Å². The minimum absolute atomic E-state index is 0.0168. The Morgan fingerprint density at radius 1 is 1.40 bits per heavy atom. The van der Waals surface area contributed by atoms with E-state index in [0.29, 0.717) is 13.1 Å². The van der Waals surface area contributed by atoms with Crippen LogP contribution in [0.15, 0.2) is 24.4 Å². The van der Waals surface area contributed by atoms with Crippen LogP contribution in [-0.4, -0.2) is 41.5 Å². The quantitative estimate of drug-likeness (QED) is 0.754. The molecule has 82 valence electrons. The maximum atomic E-state index is 11.7. The van der Waals surface area contributed by atoms with Crippen molar-refractivity contribution in [1.82, 2.24) is 14.8 Å².